The fourth-order valence-electron chi connectivity index (χ4n) is 4.01. The van der Waals surface area contributed by atoms with Crippen LogP contribution in [-0.4, -0.2) is 78.9 Å². The van der Waals surface area contributed by atoms with Crippen LogP contribution in [0.4, 0.5) is 8.78 Å². The van der Waals surface area contributed by atoms with Crippen molar-refractivity contribution in [1.82, 2.24) is 14.7 Å². The van der Waals surface area contributed by atoms with Crippen LogP contribution in [-0.2, 0) is 16.0 Å². The second-order valence-corrected chi connectivity index (χ2v) is 7.97. The molecule has 0 saturated carbocycles. The molecule has 0 spiro atoms. The molecule has 0 unspecified atom stereocenters. The maximum absolute atomic E-state index is 12.5. The van der Waals surface area contributed by atoms with Crippen molar-refractivity contribution in [1.29, 1.82) is 0 Å². The highest BCUT2D eigenvalue weighted by molar-refractivity contribution is 5.78. The summed E-state index contributed by atoms with van der Waals surface area (Å²) < 4.78 is 28.7. The van der Waals surface area contributed by atoms with Gasteiger partial charge in [0.2, 0.25) is 11.8 Å². The molecule has 3 rings (SSSR count). The number of hydrogen-bond acceptors (Lipinski definition) is 4. The van der Waals surface area contributed by atoms with E-state index in [1.54, 1.807) is 12.1 Å². The normalized spacial score (nSPS) is 18.4. The predicted octanol–water partition coefficient (Wildman–Crippen LogP) is 2.77. The molecule has 0 atom stereocenters. The summed E-state index contributed by atoms with van der Waals surface area (Å²) in [6.45, 7) is 2.03. The molecule has 0 bridgehead atoms. The number of carbonyl (C=O) groups excluding carboxylic acids is 2. The van der Waals surface area contributed by atoms with E-state index >= 15 is 0 Å². The maximum atomic E-state index is 12.5. The topological polar surface area (TPSA) is 53.1 Å². The van der Waals surface area contributed by atoms with Crippen molar-refractivity contribution in [2.45, 2.75) is 45.1 Å². The van der Waals surface area contributed by atoms with Crippen molar-refractivity contribution in [3.05, 3.63) is 29.8 Å². The van der Waals surface area contributed by atoms with Gasteiger partial charge in [-0.25, -0.2) is 0 Å². The SMILES string of the molecule is O=C(CCc1ccc(OC(F)F)cc1)N1CCN(CC(=O)N2CCCCCC2)CC1. The van der Waals surface area contributed by atoms with Crippen molar-refractivity contribution in [3.8, 4) is 5.75 Å². The number of ether oxygens (including phenoxy) is 1. The molecule has 2 saturated heterocycles. The zero-order chi connectivity index (χ0) is 21.3. The number of halogens is 2. The molecule has 0 N–H and O–H groups in total. The van der Waals surface area contributed by atoms with Crippen molar-refractivity contribution < 1.29 is 23.1 Å². The zero-order valence-corrected chi connectivity index (χ0v) is 17.4. The van der Waals surface area contributed by atoms with Gasteiger partial charge in [0.25, 0.3) is 0 Å². The zero-order valence-electron chi connectivity index (χ0n) is 17.4. The average molecular weight is 424 g/mol. The molecule has 0 aromatic heterocycles. The Hall–Kier alpha value is -2.22. The molecule has 1 aromatic carbocycles. The molecule has 0 aliphatic carbocycles. The minimum Gasteiger partial charge on any atom is -0.435 e. The third kappa shape index (κ3) is 6.93. The Balaban J connectivity index is 1.37. The third-order valence-electron chi connectivity index (χ3n) is 5.82. The van der Waals surface area contributed by atoms with E-state index in [1.807, 2.05) is 9.80 Å². The summed E-state index contributed by atoms with van der Waals surface area (Å²) in [7, 11) is 0. The van der Waals surface area contributed by atoms with Crippen molar-refractivity contribution in [2.24, 2.45) is 0 Å². The molecule has 166 valence electrons. The smallest absolute Gasteiger partial charge is 0.387 e. The van der Waals surface area contributed by atoms with Crippen LogP contribution in [0, 0.1) is 0 Å². The Morgan fingerprint density at radius 3 is 2.03 bits per heavy atom. The molecule has 8 heteroatoms. The minimum atomic E-state index is -2.84. The Bertz CT molecular complexity index is 683. The maximum Gasteiger partial charge on any atom is 0.387 e. The van der Waals surface area contributed by atoms with Gasteiger partial charge in [-0.3, -0.25) is 14.5 Å². The lowest BCUT2D eigenvalue weighted by molar-refractivity contribution is -0.135. The Morgan fingerprint density at radius 1 is 0.833 bits per heavy atom. The third-order valence-corrected chi connectivity index (χ3v) is 5.82. The van der Waals surface area contributed by atoms with E-state index in [0.717, 1.165) is 31.5 Å². The molecule has 0 radical (unpaired) electrons. The van der Waals surface area contributed by atoms with Gasteiger partial charge in [0, 0.05) is 45.7 Å². The van der Waals surface area contributed by atoms with Crippen molar-refractivity contribution in [3.63, 3.8) is 0 Å². The first-order valence-electron chi connectivity index (χ1n) is 10.8. The second-order valence-electron chi connectivity index (χ2n) is 7.97. The minimum absolute atomic E-state index is 0.0846. The van der Waals surface area contributed by atoms with E-state index in [-0.39, 0.29) is 17.6 Å². The lowest BCUT2D eigenvalue weighted by Gasteiger charge is -2.35. The fraction of sp³-hybridized carbons (Fsp3) is 0.636. The van der Waals surface area contributed by atoms with Gasteiger partial charge in [-0.2, -0.15) is 8.78 Å². The first kappa shape index (κ1) is 22.5. The highest BCUT2D eigenvalue weighted by atomic mass is 19.3. The molecule has 2 aliphatic rings. The second kappa shape index (κ2) is 11.2. The standard InChI is InChI=1S/C22H31F2N3O3/c23-22(24)30-19-8-5-18(6-9-19)7-10-20(28)27-15-13-25(14-16-27)17-21(29)26-11-3-1-2-4-12-26/h5-6,8-9,22H,1-4,7,10-17H2. The summed E-state index contributed by atoms with van der Waals surface area (Å²) in [5.41, 5.74) is 0.909. The molecule has 2 aliphatic heterocycles. The summed E-state index contributed by atoms with van der Waals surface area (Å²) >= 11 is 0. The van der Waals surface area contributed by atoms with Crippen LogP contribution < -0.4 is 4.74 Å². The number of piperazine rings is 1. The number of amides is 2. The van der Waals surface area contributed by atoms with Crippen molar-refractivity contribution in [2.75, 3.05) is 45.8 Å². The van der Waals surface area contributed by atoms with Gasteiger partial charge in [0.1, 0.15) is 5.75 Å². The van der Waals surface area contributed by atoms with E-state index in [9.17, 15) is 18.4 Å². The first-order valence-corrected chi connectivity index (χ1v) is 10.8. The number of alkyl halides is 2. The van der Waals surface area contributed by atoms with Gasteiger partial charge in [-0.15, -0.1) is 0 Å². The first-order chi connectivity index (χ1) is 14.5. The van der Waals surface area contributed by atoms with E-state index in [0.29, 0.717) is 45.6 Å². The fourth-order valence-corrected chi connectivity index (χ4v) is 4.01. The van der Waals surface area contributed by atoms with Crippen LogP contribution in [0.2, 0.25) is 0 Å². The average Bonchev–Trinajstić information content (AvgIpc) is 3.03. The van der Waals surface area contributed by atoms with Gasteiger partial charge in [0.05, 0.1) is 6.54 Å². The molecule has 6 nitrogen and oxygen atoms in total. The largest absolute Gasteiger partial charge is 0.435 e. The molecule has 2 heterocycles. The van der Waals surface area contributed by atoms with Crippen LogP contribution in [0.5, 0.6) is 5.75 Å². The number of rotatable bonds is 7. The Kier molecular flexibility index (Phi) is 8.42. The van der Waals surface area contributed by atoms with Gasteiger partial charge < -0.3 is 14.5 Å². The van der Waals surface area contributed by atoms with E-state index in [2.05, 4.69) is 9.64 Å². The molecule has 2 amide bonds. The van der Waals surface area contributed by atoms with Crippen LogP contribution in [0.15, 0.2) is 24.3 Å². The monoisotopic (exact) mass is 423 g/mol. The Labute approximate surface area is 176 Å². The van der Waals surface area contributed by atoms with Gasteiger partial charge in [0.15, 0.2) is 0 Å². The van der Waals surface area contributed by atoms with Crippen LogP contribution in [0.25, 0.3) is 0 Å². The van der Waals surface area contributed by atoms with E-state index in [1.165, 1.54) is 25.0 Å². The number of nitrogens with zero attached hydrogens (tertiary/aromatic N) is 3. The molecular weight excluding hydrogens is 392 g/mol. The summed E-state index contributed by atoms with van der Waals surface area (Å²) in [5, 5.41) is 0. The summed E-state index contributed by atoms with van der Waals surface area (Å²) in [6, 6.07) is 6.40. The van der Waals surface area contributed by atoms with Crippen molar-refractivity contribution >= 4 is 11.8 Å². The number of hydrogen-bond donors (Lipinski definition) is 0. The van der Waals surface area contributed by atoms with Crippen LogP contribution in [0.3, 0.4) is 0 Å². The molecule has 30 heavy (non-hydrogen) atoms. The summed E-state index contributed by atoms with van der Waals surface area (Å²) in [6.07, 6.45) is 5.53. The number of carbonyl (C=O) groups is 2. The predicted molar refractivity (Wildman–Crippen MR) is 109 cm³/mol. The highest BCUT2D eigenvalue weighted by Gasteiger charge is 2.24. The highest BCUT2D eigenvalue weighted by Crippen LogP contribution is 2.16. The Morgan fingerprint density at radius 2 is 1.43 bits per heavy atom. The van der Waals surface area contributed by atoms with Gasteiger partial charge in [-0.05, 0) is 37.0 Å². The number of benzene rings is 1. The molecule has 2 fully saturated rings. The van der Waals surface area contributed by atoms with Crippen LogP contribution in [0.1, 0.15) is 37.7 Å². The van der Waals surface area contributed by atoms with Gasteiger partial charge >= 0.3 is 6.61 Å². The van der Waals surface area contributed by atoms with Crippen LogP contribution >= 0.6 is 0 Å². The molecule has 1 aromatic rings. The summed E-state index contributed by atoms with van der Waals surface area (Å²) in [5.74, 6) is 0.406. The van der Waals surface area contributed by atoms with E-state index < -0.39 is 6.61 Å². The van der Waals surface area contributed by atoms with E-state index in [4.69, 9.17) is 0 Å². The number of likely N-dealkylation sites (tertiary alicyclic amines) is 1. The summed E-state index contributed by atoms with van der Waals surface area (Å²) in [4.78, 5) is 31.0. The lowest BCUT2D eigenvalue weighted by Crippen LogP contribution is -2.51. The quantitative estimate of drug-likeness (QED) is 0.677. The lowest BCUT2D eigenvalue weighted by atomic mass is 10.1. The number of aryl methyl sites for hydroxylation is 1. The molecular formula is C22H31F2N3O3. The van der Waals surface area contributed by atoms with Gasteiger partial charge in [-0.1, -0.05) is 25.0 Å².